The molecule has 1 aromatic heterocycles. The number of carbonyl (C=O) groups excluding carboxylic acids is 2. The molecule has 1 amide bonds. The van der Waals surface area contributed by atoms with Crippen molar-refractivity contribution in [1.29, 1.82) is 0 Å². The van der Waals surface area contributed by atoms with Gasteiger partial charge >= 0.3 is 5.97 Å². The first-order valence-corrected chi connectivity index (χ1v) is 16.6. The number of ether oxygens (including phenoxy) is 1. The summed E-state index contributed by atoms with van der Waals surface area (Å²) in [5.41, 5.74) is 4.18. The molecular weight excluding hydrogens is 686 g/mol. The lowest BCUT2D eigenvalue weighted by molar-refractivity contribution is -0.138. The van der Waals surface area contributed by atoms with E-state index in [-0.39, 0.29) is 22.6 Å². The van der Waals surface area contributed by atoms with Crippen LogP contribution in [0.25, 0.3) is 11.3 Å². The summed E-state index contributed by atoms with van der Waals surface area (Å²) in [5.74, 6) is -0.860. The van der Waals surface area contributed by atoms with Crippen LogP contribution in [0.1, 0.15) is 35.2 Å². The fourth-order valence-corrected chi connectivity index (χ4v) is 7.48. The summed E-state index contributed by atoms with van der Waals surface area (Å²) >= 11 is 11.0. The van der Waals surface area contributed by atoms with Crippen LogP contribution in [-0.2, 0) is 20.9 Å². The van der Waals surface area contributed by atoms with Gasteiger partial charge in [0.15, 0.2) is 4.80 Å². The van der Waals surface area contributed by atoms with E-state index in [2.05, 4.69) is 15.9 Å². The van der Waals surface area contributed by atoms with E-state index in [1.807, 2.05) is 78.9 Å². The van der Waals surface area contributed by atoms with Crippen molar-refractivity contribution in [1.82, 2.24) is 4.57 Å². The van der Waals surface area contributed by atoms with Crippen molar-refractivity contribution >= 4 is 67.7 Å². The molecule has 4 aromatic carbocycles. The Morgan fingerprint density at radius 3 is 2.35 bits per heavy atom. The Morgan fingerprint density at radius 1 is 0.957 bits per heavy atom. The van der Waals surface area contributed by atoms with Crippen molar-refractivity contribution in [2.75, 3.05) is 11.5 Å². The molecule has 7 nitrogen and oxygen atoms in total. The van der Waals surface area contributed by atoms with Gasteiger partial charge in [-0.05, 0) is 48.4 Å². The van der Waals surface area contributed by atoms with Gasteiger partial charge in [-0.1, -0.05) is 112 Å². The van der Waals surface area contributed by atoms with Crippen molar-refractivity contribution in [2.24, 2.45) is 4.99 Å². The molecule has 0 fully saturated rings. The van der Waals surface area contributed by atoms with E-state index in [0.29, 0.717) is 50.0 Å². The molecule has 2 aliphatic rings. The number of carbonyl (C=O) groups is 2. The number of aromatic nitrogens is 1. The third-order valence-corrected chi connectivity index (χ3v) is 9.72. The summed E-state index contributed by atoms with van der Waals surface area (Å²) in [6.07, 6.45) is 0. The van der Waals surface area contributed by atoms with Gasteiger partial charge in [-0.3, -0.25) is 14.2 Å². The highest BCUT2D eigenvalue weighted by molar-refractivity contribution is 9.10. The first-order chi connectivity index (χ1) is 22.4. The summed E-state index contributed by atoms with van der Waals surface area (Å²) in [4.78, 5) is 49.6. The van der Waals surface area contributed by atoms with E-state index in [9.17, 15) is 14.4 Å². The maximum Gasteiger partial charge on any atom is 0.338 e. The number of rotatable bonds is 6. The summed E-state index contributed by atoms with van der Waals surface area (Å²) in [7, 11) is 0. The van der Waals surface area contributed by atoms with Crippen molar-refractivity contribution in [2.45, 2.75) is 19.5 Å². The van der Waals surface area contributed by atoms with Crippen LogP contribution in [0.3, 0.4) is 0 Å². The van der Waals surface area contributed by atoms with Crippen molar-refractivity contribution in [3.63, 3.8) is 0 Å². The number of hydrogen-bond donors (Lipinski definition) is 0. The highest BCUT2D eigenvalue weighted by atomic mass is 79.9. The maximum atomic E-state index is 14.6. The standard InChI is InChI=1S/C36H25BrClN3O4S/c1-2-45-35(44)29-30(22-11-7-4-8-12-22)39-36-41(31(29)23-13-16-25(38)17-14-23)34(43)32(46-36)28-26-19-24(37)15-18-27(26)40(33(28)42)20-21-9-5-3-6-10-21/h3-19,31H,2,20H2,1H3/b32-28-/t31-/m0/s1. The van der Waals surface area contributed by atoms with Crippen LogP contribution in [0.4, 0.5) is 5.69 Å². The van der Waals surface area contributed by atoms with Crippen molar-refractivity contribution in [3.8, 4) is 0 Å². The van der Waals surface area contributed by atoms with Crippen LogP contribution in [0.5, 0.6) is 0 Å². The molecule has 1 atom stereocenters. The second-order valence-corrected chi connectivity index (χ2v) is 13.0. The number of thiazole rings is 1. The molecular formula is C36H25BrClN3O4S. The minimum atomic E-state index is -0.879. The molecule has 46 heavy (non-hydrogen) atoms. The predicted molar refractivity (Wildman–Crippen MR) is 183 cm³/mol. The monoisotopic (exact) mass is 709 g/mol. The number of nitrogens with zero attached hydrogens (tertiary/aromatic N) is 3. The number of amides is 1. The Kier molecular flexibility index (Phi) is 8.06. The van der Waals surface area contributed by atoms with Gasteiger partial charge in [-0.15, -0.1) is 0 Å². The third-order valence-electron chi connectivity index (χ3n) is 7.92. The van der Waals surface area contributed by atoms with Gasteiger partial charge in [-0.25, -0.2) is 9.79 Å². The largest absolute Gasteiger partial charge is 0.463 e. The molecule has 3 heterocycles. The molecule has 0 radical (unpaired) electrons. The minimum Gasteiger partial charge on any atom is -0.463 e. The van der Waals surface area contributed by atoms with E-state index >= 15 is 0 Å². The lowest BCUT2D eigenvalue weighted by atomic mass is 9.93. The Balaban J connectivity index is 1.52. The zero-order valence-corrected chi connectivity index (χ0v) is 27.6. The third kappa shape index (κ3) is 5.24. The quantitative estimate of drug-likeness (QED) is 0.195. The van der Waals surface area contributed by atoms with Crippen LogP contribution in [0.15, 0.2) is 123 Å². The first kappa shape index (κ1) is 30.1. The summed E-state index contributed by atoms with van der Waals surface area (Å²) in [6, 6.07) is 30.8. The first-order valence-electron chi connectivity index (χ1n) is 14.6. The second-order valence-electron chi connectivity index (χ2n) is 10.7. The SMILES string of the molecule is CCOC(=O)C1=C(c2ccccc2)N=c2s/c(=C3\C(=O)N(Cc4ccccc4)c4ccc(Br)cc43)c(=O)n2[C@H]1c1ccc(Cl)cc1. The van der Waals surface area contributed by atoms with E-state index in [1.54, 1.807) is 36.1 Å². The van der Waals surface area contributed by atoms with E-state index in [4.69, 9.17) is 21.3 Å². The number of esters is 1. The molecule has 0 unspecified atom stereocenters. The molecule has 5 aromatic rings. The number of benzene rings is 4. The predicted octanol–water partition coefficient (Wildman–Crippen LogP) is 6.27. The van der Waals surface area contributed by atoms with Crippen LogP contribution in [-0.4, -0.2) is 23.1 Å². The van der Waals surface area contributed by atoms with Gasteiger partial charge in [0.1, 0.15) is 4.53 Å². The number of fused-ring (bicyclic) bond motifs is 2. The van der Waals surface area contributed by atoms with Gasteiger partial charge < -0.3 is 9.64 Å². The molecule has 0 bridgehead atoms. The average Bonchev–Trinajstić information content (AvgIpc) is 3.53. The van der Waals surface area contributed by atoms with Gasteiger partial charge in [0.2, 0.25) is 0 Å². The van der Waals surface area contributed by atoms with E-state index in [1.165, 1.54) is 4.57 Å². The lowest BCUT2D eigenvalue weighted by Crippen LogP contribution is -2.41. The fraction of sp³-hybridized carbons (Fsp3) is 0.111. The Hall–Kier alpha value is -4.57. The number of hydrogen-bond acceptors (Lipinski definition) is 6. The van der Waals surface area contributed by atoms with Crippen LogP contribution >= 0.6 is 38.9 Å². The molecule has 0 spiro atoms. The molecule has 0 N–H and O–H groups in total. The Morgan fingerprint density at radius 2 is 1.65 bits per heavy atom. The minimum absolute atomic E-state index is 0.143. The molecule has 7 rings (SSSR count). The summed E-state index contributed by atoms with van der Waals surface area (Å²) < 4.78 is 8.08. The van der Waals surface area contributed by atoms with E-state index in [0.717, 1.165) is 21.4 Å². The van der Waals surface area contributed by atoms with Crippen LogP contribution in [0.2, 0.25) is 5.02 Å². The fourth-order valence-electron chi connectivity index (χ4n) is 5.90. The molecule has 228 valence electrons. The Bertz CT molecular complexity index is 2230. The topological polar surface area (TPSA) is 81.0 Å². The molecule has 0 saturated heterocycles. The van der Waals surface area contributed by atoms with Crippen molar-refractivity contribution in [3.05, 3.63) is 160 Å². The summed E-state index contributed by atoms with van der Waals surface area (Å²) in [5, 5.41) is 0.514. The van der Waals surface area contributed by atoms with Gasteiger partial charge in [-0.2, -0.15) is 0 Å². The average molecular weight is 711 g/mol. The smallest absolute Gasteiger partial charge is 0.338 e. The maximum absolute atomic E-state index is 14.6. The zero-order chi connectivity index (χ0) is 31.9. The van der Waals surface area contributed by atoms with E-state index < -0.39 is 17.6 Å². The molecule has 10 heteroatoms. The normalized spacial score (nSPS) is 16.6. The molecule has 0 saturated carbocycles. The molecule has 2 aliphatic heterocycles. The zero-order valence-electron chi connectivity index (χ0n) is 24.4. The number of halogens is 2. The van der Waals surface area contributed by atoms with Gasteiger partial charge in [0.05, 0.1) is 41.7 Å². The van der Waals surface area contributed by atoms with Gasteiger partial charge in [0.25, 0.3) is 11.5 Å². The van der Waals surface area contributed by atoms with Gasteiger partial charge in [0, 0.05) is 20.6 Å². The number of anilines is 1. The molecule has 0 aliphatic carbocycles. The highest BCUT2D eigenvalue weighted by Gasteiger charge is 2.38. The second kappa shape index (κ2) is 12.3. The van der Waals surface area contributed by atoms with Crippen LogP contribution in [0, 0.1) is 0 Å². The Labute approximate surface area is 281 Å². The lowest BCUT2D eigenvalue weighted by Gasteiger charge is -2.26. The highest BCUT2D eigenvalue weighted by Crippen LogP contribution is 2.39. The summed E-state index contributed by atoms with van der Waals surface area (Å²) in [6.45, 7) is 2.22. The van der Waals surface area contributed by atoms with Crippen LogP contribution < -0.4 is 19.8 Å². The van der Waals surface area contributed by atoms with Crippen molar-refractivity contribution < 1.29 is 14.3 Å².